The third kappa shape index (κ3) is 50.7. The molecule has 0 aliphatic heterocycles. The topological polar surface area (TPSA) is 78.9 Å². The van der Waals surface area contributed by atoms with Crippen LogP contribution in [0.1, 0.15) is 213 Å². The first-order valence-electron chi connectivity index (χ1n) is 26.0. The quantitative estimate of drug-likeness (QED) is 0.0262. The van der Waals surface area contributed by atoms with Crippen LogP contribution in [0.4, 0.5) is 0 Å². The number of unbranched alkanes of at least 4 members (excludes halogenated alkanes) is 14. The number of carbonyl (C=O) groups is 3. The van der Waals surface area contributed by atoms with Gasteiger partial charge in [-0.2, -0.15) is 0 Å². The van der Waals surface area contributed by atoms with Gasteiger partial charge in [0.15, 0.2) is 6.10 Å². The molecule has 6 heteroatoms. The highest BCUT2D eigenvalue weighted by atomic mass is 16.6. The Labute approximate surface area is 399 Å². The standard InChI is InChI=1S/C59H94O6/c1-4-7-10-13-16-18-20-22-24-25-26-27-28-29-30-31-32-33-34-35-36-38-39-41-43-46-49-52-58(61)64-55-56(54-63-57(60)51-48-45-15-12-9-6-3)65-59(62)53-50-47-44-42-40-37-23-21-19-17-14-11-8-5-2/h7,10,14,16-18,21-24,26-27,29-30,32-33,35-36,39,41,56H,4-6,8-9,11-13,15,19-20,25,28,31,34,37-38,40,42-55H2,1-3H3/b10-7-,17-14-,18-16-,23-21-,24-22-,27-26-,30-29-,33-32-,36-35-,41-39-. The van der Waals surface area contributed by atoms with Gasteiger partial charge in [0.05, 0.1) is 0 Å². The summed E-state index contributed by atoms with van der Waals surface area (Å²) in [6.45, 7) is 6.35. The zero-order valence-electron chi connectivity index (χ0n) is 41.7. The van der Waals surface area contributed by atoms with Crippen LogP contribution >= 0.6 is 0 Å². The summed E-state index contributed by atoms with van der Waals surface area (Å²) in [7, 11) is 0. The average Bonchev–Trinajstić information content (AvgIpc) is 3.30. The van der Waals surface area contributed by atoms with Crippen molar-refractivity contribution < 1.29 is 28.6 Å². The fourth-order valence-corrected chi connectivity index (χ4v) is 6.53. The van der Waals surface area contributed by atoms with E-state index < -0.39 is 6.10 Å². The van der Waals surface area contributed by atoms with Gasteiger partial charge in [-0.25, -0.2) is 0 Å². The molecule has 65 heavy (non-hydrogen) atoms. The molecule has 0 fully saturated rings. The maximum atomic E-state index is 12.7. The highest BCUT2D eigenvalue weighted by Gasteiger charge is 2.19. The minimum atomic E-state index is -0.802. The van der Waals surface area contributed by atoms with Crippen LogP contribution in [0.15, 0.2) is 122 Å². The molecule has 1 unspecified atom stereocenters. The summed E-state index contributed by atoms with van der Waals surface area (Å²) in [6, 6.07) is 0. The van der Waals surface area contributed by atoms with Crippen molar-refractivity contribution in [3.05, 3.63) is 122 Å². The number of rotatable bonds is 45. The molecule has 0 aliphatic rings. The van der Waals surface area contributed by atoms with E-state index in [1.165, 1.54) is 38.5 Å². The van der Waals surface area contributed by atoms with E-state index >= 15 is 0 Å². The Balaban J connectivity index is 4.30. The molecule has 0 N–H and O–H groups in total. The normalized spacial score (nSPS) is 13.1. The Morgan fingerprint density at radius 3 is 1.02 bits per heavy atom. The monoisotopic (exact) mass is 899 g/mol. The number of hydrogen-bond donors (Lipinski definition) is 0. The van der Waals surface area contributed by atoms with Crippen molar-refractivity contribution in [2.24, 2.45) is 0 Å². The van der Waals surface area contributed by atoms with Crippen LogP contribution in [-0.2, 0) is 28.6 Å². The molecule has 1 atom stereocenters. The Morgan fingerprint density at radius 1 is 0.323 bits per heavy atom. The number of carbonyl (C=O) groups excluding carboxylic acids is 3. The SMILES string of the molecule is CC/C=C\C/C=C\C/C=C\C/C=C\C/C=C\C/C=C\C/C=C\C/C=C\CCCCC(=O)OCC(COC(=O)CCCCCCCC)OC(=O)CCCCCCC/C=C\C/C=C\CCCC. The van der Waals surface area contributed by atoms with Crippen LogP contribution in [0.25, 0.3) is 0 Å². The number of hydrogen-bond acceptors (Lipinski definition) is 6. The van der Waals surface area contributed by atoms with Gasteiger partial charge in [0.1, 0.15) is 13.2 Å². The highest BCUT2D eigenvalue weighted by Crippen LogP contribution is 2.12. The summed E-state index contributed by atoms with van der Waals surface area (Å²) in [5, 5.41) is 0. The van der Waals surface area contributed by atoms with Gasteiger partial charge in [-0.15, -0.1) is 0 Å². The second-order valence-corrected chi connectivity index (χ2v) is 16.7. The van der Waals surface area contributed by atoms with Crippen molar-refractivity contribution in [3.8, 4) is 0 Å². The molecule has 0 bridgehead atoms. The van der Waals surface area contributed by atoms with Gasteiger partial charge in [-0.1, -0.05) is 206 Å². The summed E-state index contributed by atoms with van der Waals surface area (Å²) < 4.78 is 16.6. The van der Waals surface area contributed by atoms with Crippen LogP contribution in [0.3, 0.4) is 0 Å². The minimum Gasteiger partial charge on any atom is -0.462 e. The third-order valence-electron chi connectivity index (χ3n) is 10.5. The van der Waals surface area contributed by atoms with Gasteiger partial charge in [-0.05, 0) is 109 Å². The van der Waals surface area contributed by atoms with Gasteiger partial charge in [0.2, 0.25) is 0 Å². The van der Waals surface area contributed by atoms with E-state index in [9.17, 15) is 14.4 Å². The lowest BCUT2D eigenvalue weighted by molar-refractivity contribution is -0.167. The van der Waals surface area contributed by atoms with E-state index in [2.05, 4.69) is 142 Å². The molecule has 0 saturated heterocycles. The summed E-state index contributed by atoms with van der Waals surface area (Å²) in [5.41, 5.74) is 0. The Bertz CT molecular complexity index is 1400. The second kappa shape index (κ2) is 52.4. The zero-order valence-corrected chi connectivity index (χ0v) is 41.7. The molecule has 0 saturated carbocycles. The van der Waals surface area contributed by atoms with E-state index in [0.29, 0.717) is 25.7 Å². The van der Waals surface area contributed by atoms with E-state index in [1.54, 1.807) is 0 Å². The summed E-state index contributed by atoms with van der Waals surface area (Å²) in [5.74, 6) is -0.980. The largest absolute Gasteiger partial charge is 0.462 e. The molecule has 0 rings (SSSR count). The number of allylic oxidation sites excluding steroid dienone is 20. The first-order chi connectivity index (χ1) is 32.0. The van der Waals surface area contributed by atoms with E-state index in [1.807, 2.05) is 0 Å². The fraction of sp³-hybridized carbons (Fsp3) is 0.610. The molecule has 0 aromatic heterocycles. The van der Waals surface area contributed by atoms with E-state index in [4.69, 9.17) is 14.2 Å². The number of esters is 3. The molecular weight excluding hydrogens is 805 g/mol. The van der Waals surface area contributed by atoms with Crippen LogP contribution in [0.5, 0.6) is 0 Å². The molecule has 366 valence electrons. The van der Waals surface area contributed by atoms with Crippen molar-refractivity contribution in [1.29, 1.82) is 0 Å². The first-order valence-corrected chi connectivity index (χ1v) is 26.0. The molecule has 0 heterocycles. The maximum Gasteiger partial charge on any atom is 0.306 e. The molecule has 0 radical (unpaired) electrons. The molecule has 0 aromatic carbocycles. The van der Waals surface area contributed by atoms with Crippen LogP contribution in [0.2, 0.25) is 0 Å². The Morgan fingerprint density at radius 2 is 0.615 bits per heavy atom. The molecule has 6 nitrogen and oxygen atoms in total. The molecular formula is C59H94O6. The van der Waals surface area contributed by atoms with Gasteiger partial charge in [0, 0.05) is 19.3 Å². The zero-order chi connectivity index (χ0) is 47.2. The fourth-order valence-electron chi connectivity index (χ4n) is 6.53. The second-order valence-electron chi connectivity index (χ2n) is 16.7. The minimum absolute atomic E-state index is 0.101. The van der Waals surface area contributed by atoms with Crippen molar-refractivity contribution in [1.82, 2.24) is 0 Å². The molecule has 0 amide bonds. The van der Waals surface area contributed by atoms with Gasteiger partial charge in [-0.3, -0.25) is 14.4 Å². The van der Waals surface area contributed by atoms with Gasteiger partial charge >= 0.3 is 17.9 Å². The van der Waals surface area contributed by atoms with Crippen molar-refractivity contribution in [3.63, 3.8) is 0 Å². The molecule has 0 aliphatic carbocycles. The smallest absolute Gasteiger partial charge is 0.306 e. The lowest BCUT2D eigenvalue weighted by atomic mass is 10.1. The molecule has 0 aromatic rings. The van der Waals surface area contributed by atoms with Gasteiger partial charge in [0.25, 0.3) is 0 Å². The lowest BCUT2D eigenvalue weighted by Gasteiger charge is -2.18. The van der Waals surface area contributed by atoms with Crippen molar-refractivity contribution >= 4 is 17.9 Å². The first kappa shape index (κ1) is 60.8. The Hall–Kier alpha value is -4.19. The van der Waals surface area contributed by atoms with Crippen molar-refractivity contribution in [2.75, 3.05) is 13.2 Å². The highest BCUT2D eigenvalue weighted by molar-refractivity contribution is 5.71. The summed E-state index contributed by atoms with van der Waals surface area (Å²) in [6.07, 6.45) is 72.1. The third-order valence-corrected chi connectivity index (χ3v) is 10.5. The predicted octanol–water partition coefficient (Wildman–Crippen LogP) is 17.3. The Kier molecular flexibility index (Phi) is 49.1. The summed E-state index contributed by atoms with van der Waals surface area (Å²) >= 11 is 0. The lowest BCUT2D eigenvalue weighted by Crippen LogP contribution is -2.30. The maximum absolute atomic E-state index is 12.7. The van der Waals surface area contributed by atoms with Crippen LogP contribution in [0, 0.1) is 0 Å². The molecule has 0 spiro atoms. The summed E-state index contributed by atoms with van der Waals surface area (Å²) in [4.78, 5) is 37.7. The van der Waals surface area contributed by atoms with E-state index in [0.717, 1.165) is 128 Å². The van der Waals surface area contributed by atoms with Crippen molar-refractivity contribution in [2.45, 2.75) is 219 Å². The predicted molar refractivity (Wildman–Crippen MR) is 279 cm³/mol. The average molecular weight is 899 g/mol. The van der Waals surface area contributed by atoms with Crippen LogP contribution < -0.4 is 0 Å². The van der Waals surface area contributed by atoms with Crippen LogP contribution in [-0.4, -0.2) is 37.2 Å². The van der Waals surface area contributed by atoms with Gasteiger partial charge < -0.3 is 14.2 Å². The number of ether oxygens (including phenoxy) is 3. The van der Waals surface area contributed by atoms with E-state index in [-0.39, 0.29) is 31.1 Å².